The number of aryl methyl sites for hydroxylation is 1. The zero-order valence-electron chi connectivity index (χ0n) is 17.4. The Hall–Kier alpha value is -2.64. The molecular weight excluding hydrogens is 398 g/mol. The first kappa shape index (κ1) is 20.6. The number of carbonyl (C=O) groups is 1. The number of piperazine rings is 1. The number of sulfone groups is 1. The molecule has 4 rings (SSSR count). The van der Waals surface area contributed by atoms with E-state index >= 15 is 0 Å². The molecule has 7 heteroatoms. The van der Waals surface area contributed by atoms with Crippen LogP contribution in [0.15, 0.2) is 59.6 Å². The summed E-state index contributed by atoms with van der Waals surface area (Å²) < 4.78 is 28.4. The van der Waals surface area contributed by atoms with Crippen molar-refractivity contribution in [3.63, 3.8) is 0 Å². The average molecular weight is 426 g/mol. The zero-order valence-corrected chi connectivity index (χ0v) is 18.2. The number of amides is 1. The highest BCUT2D eigenvalue weighted by atomic mass is 32.2. The smallest absolute Gasteiger partial charge is 0.242 e. The minimum absolute atomic E-state index is 0.0201. The maximum Gasteiger partial charge on any atom is 0.242 e. The van der Waals surface area contributed by atoms with Crippen LogP contribution in [-0.4, -0.2) is 61.9 Å². The molecule has 158 valence electrons. The fraction of sp³-hybridized carbons (Fsp3) is 0.348. The van der Waals surface area contributed by atoms with E-state index in [1.165, 1.54) is 0 Å². The molecule has 0 aliphatic carbocycles. The van der Waals surface area contributed by atoms with Gasteiger partial charge in [-0.2, -0.15) is 0 Å². The number of para-hydroxylation sites is 1. The lowest BCUT2D eigenvalue weighted by molar-refractivity contribution is -0.133. The molecule has 0 N–H and O–H groups in total. The maximum atomic E-state index is 13.3. The van der Waals surface area contributed by atoms with Gasteiger partial charge in [-0.3, -0.25) is 4.79 Å². The fourth-order valence-electron chi connectivity index (χ4n) is 3.95. The molecule has 0 unspecified atom stereocenters. The van der Waals surface area contributed by atoms with Crippen LogP contribution in [0.2, 0.25) is 0 Å². The molecule has 0 atom stereocenters. The van der Waals surface area contributed by atoms with Gasteiger partial charge in [0, 0.05) is 43.3 Å². The topological polar surface area (TPSA) is 62.6 Å². The zero-order chi connectivity index (χ0) is 21.3. The molecule has 1 saturated heterocycles. The molecule has 1 fully saturated rings. The third-order valence-electron chi connectivity index (χ3n) is 5.86. The van der Waals surface area contributed by atoms with Gasteiger partial charge in [0.25, 0.3) is 0 Å². The molecule has 0 saturated carbocycles. The largest absolute Gasteiger partial charge is 0.339 e. The summed E-state index contributed by atoms with van der Waals surface area (Å²) in [4.78, 5) is 17.2. The lowest BCUT2D eigenvalue weighted by Crippen LogP contribution is -2.48. The van der Waals surface area contributed by atoms with Crippen molar-refractivity contribution in [2.45, 2.75) is 24.1 Å². The van der Waals surface area contributed by atoms with Crippen LogP contribution in [0.3, 0.4) is 0 Å². The molecule has 0 spiro atoms. The summed E-state index contributed by atoms with van der Waals surface area (Å²) in [5.74, 6) is -0.0354. The molecule has 6 nitrogen and oxygen atoms in total. The number of fused-ring (bicyclic) bond motifs is 1. The van der Waals surface area contributed by atoms with Crippen LogP contribution in [0, 0.1) is 6.92 Å². The second-order valence-corrected chi connectivity index (χ2v) is 9.97. The maximum absolute atomic E-state index is 13.3. The lowest BCUT2D eigenvalue weighted by Gasteiger charge is -2.32. The predicted octanol–water partition coefficient (Wildman–Crippen LogP) is 2.70. The molecule has 1 aliphatic heterocycles. The quantitative estimate of drug-likeness (QED) is 0.631. The lowest BCUT2D eigenvalue weighted by atomic mass is 10.1. The Labute approximate surface area is 177 Å². The Kier molecular flexibility index (Phi) is 5.66. The van der Waals surface area contributed by atoms with Gasteiger partial charge in [0.15, 0.2) is 9.84 Å². The Morgan fingerprint density at radius 1 is 0.967 bits per heavy atom. The van der Waals surface area contributed by atoms with Crippen LogP contribution < -0.4 is 0 Å². The van der Waals surface area contributed by atoms with Crippen molar-refractivity contribution in [1.29, 1.82) is 0 Å². The molecule has 1 amide bonds. The molecule has 30 heavy (non-hydrogen) atoms. The van der Waals surface area contributed by atoms with E-state index in [-0.39, 0.29) is 23.1 Å². The van der Waals surface area contributed by atoms with Crippen molar-refractivity contribution in [3.05, 3.63) is 65.9 Å². The number of hydrogen-bond donors (Lipinski definition) is 0. The fourth-order valence-corrected chi connectivity index (χ4v) is 5.63. The highest BCUT2D eigenvalue weighted by Gasteiger charge is 2.24. The summed E-state index contributed by atoms with van der Waals surface area (Å²) in [6.07, 6.45) is 1.63. The van der Waals surface area contributed by atoms with Crippen molar-refractivity contribution in [3.8, 4) is 0 Å². The minimum atomic E-state index is -3.56. The molecule has 1 aromatic heterocycles. The number of aromatic nitrogens is 1. The monoisotopic (exact) mass is 425 g/mol. The van der Waals surface area contributed by atoms with Gasteiger partial charge < -0.3 is 14.4 Å². The number of hydrogen-bond acceptors (Lipinski definition) is 4. The Balaban J connectivity index is 1.65. The van der Waals surface area contributed by atoms with E-state index in [0.29, 0.717) is 18.5 Å². The third kappa shape index (κ3) is 4.13. The second kappa shape index (κ2) is 8.24. The standard InChI is InChI=1S/C23H27N3O3S/c1-18-7-3-4-8-19(18)17-30(28,29)22-15-26(21-10-6-5-9-20(21)22)16-23(27)25-13-11-24(2)12-14-25/h3-10,15H,11-14,16-17H2,1-2H3. The number of nitrogens with zero attached hydrogens (tertiary/aromatic N) is 3. The Bertz CT molecular complexity index is 1180. The normalized spacial score (nSPS) is 15.6. The van der Waals surface area contributed by atoms with Crippen molar-refractivity contribution in [2.24, 2.45) is 0 Å². The number of rotatable bonds is 5. The van der Waals surface area contributed by atoms with Crippen LogP contribution in [-0.2, 0) is 26.9 Å². The average Bonchev–Trinajstić information content (AvgIpc) is 3.10. The highest BCUT2D eigenvalue weighted by molar-refractivity contribution is 7.90. The van der Waals surface area contributed by atoms with Crippen LogP contribution in [0.25, 0.3) is 10.9 Å². The van der Waals surface area contributed by atoms with Crippen LogP contribution in [0.4, 0.5) is 0 Å². The van der Waals surface area contributed by atoms with Gasteiger partial charge >= 0.3 is 0 Å². The summed E-state index contributed by atoms with van der Waals surface area (Å²) in [6, 6.07) is 14.9. The van der Waals surface area contributed by atoms with Crippen molar-refractivity contribution < 1.29 is 13.2 Å². The highest BCUT2D eigenvalue weighted by Crippen LogP contribution is 2.28. The molecule has 2 aromatic carbocycles. The molecule has 3 aromatic rings. The predicted molar refractivity (Wildman–Crippen MR) is 118 cm³/mol. The second-order valence-electron chi connectivity index (χ2n) is 8.01. The summed E-state index contributed by atoms with van der Waals surface area (Å²) in [7, 11) is -1.51. The molecule has 2 heterocycles. The Morgan fingerprint density at radius 2 is 1.63 bits per heavy atom. The van der Waals surface area contributed by atoms with Gasteiger partial charge in [0.2, 0.25) is 5.91 Å². The number of likely N-dealkylation sites (N-methyl/N-ethyl adjacent to an activating group) is 1. The van der Waals surface area contributed by atoms with E-state index in [1.54, 1.807) is 10.8 Å². The van der Waals surface area contributed by atoms with Crippen molar-refractivity contribution in [1.82, 2.24) is 14.4 Å². The first-order valence-electron chi connectivity index (χ1n) is 10.2. The van der Waals surface area contributed by atoms with E-state index in [0.717, 1.165) is 29.7 Å². The van der Waals surface area contributed by atoms with E-state index in [4.69, 9.17) is 0 Å². The SMILES string of the molecule is Cc1ccccc1CS(=O)(=O)c1cn(CC(=O)N2CCN(C)CC2)c2ccccc12. The number of benzene rings is 2. The van der Waals surface area contributed by atoms with Gasteiger partial charge in [-0.1, -0.05) is 42.5 Å². The third-order valence-corrected chi connectivity index (χ3v) is 7.54. The Morgan fingerprint density at radius 3 is 2.37 bits per heavy atom. The van der Waals surface area contributed by atoms with Crippen molar-refractivity contribution in [2.75, 3.05) is 33.2 Å². The summed E-state index contributed by atoms with van der Waals surface area (Å²) in [6.45, 7) is 5.18. The van der Waals surface area contributed by atoms with Gasteiger partial charge in [-0.05, 0) is 31.2 Å². The minimum Gasteiger partial charge on any atom is -0.339 e. The summed E-state index contributed by atoms with van der Waals surface area (Å²) >= 11 is 0. The molecule has 0 bridgehead atoms. The number of carbonyl (C=O) groups excluding carboxylic acids is 1. The molecular formula is C23H27N3O3S. The van der Waals surface area contributed by atoms with E-state index in [1.807, 2.05) is 67.4 Å². The summed E-state index contributed by atoms with van der Waals surface area (Å²) in [5.41, 5.74) is 2.52. The first-order chi connectivity index (χ1) is 14.3. The summed E-state index contributed by atoms with van der Waals surface area (Å²) in [5, 5.41) is 0.664. The molecule has 1 aliphatic rings. The van der Waals surface area contributed by atoms with Crippen molar-refractivity contribution >= 4 is 26.6 Å². The van der Waals surface area contributed by atoms with E-state index in [9.17, 15) is 13.2 Å². The van der Waals surface area contributed by atoms with Crippen LogP contribution in [0.1, 0.15) is 11.1 Å². The van der Waals surface area contributed by atoms with E-state index < -0.39 is 9.84 Å². The van der Waals surface area contributed by atoms with Gasteiger partial charge in [0.05, 0.1) is 10.6 Å². The van der Waals surface area contributed by atoms with Crippen LogP contribution in [0.5, 0.6) is 0 Å². The van der Waals surface area contributed by atoms with Gasteiger partial charge in [-0.15, -0.1) is 0 Å². The first-order valence-corrected chi connectivity index (χ1v) is 11.8. The van der Waals surface area contributed by atoms with Crippen LogP contribution >= 0.6 is 0 Å². The van der Waals surface area contributed by atoms with Gasteiger partial charge in [0.1, 0.15) is 6.54 Å². The van der Waals surface area contributed by atoms with E-state index in [2.05, 4.69) is 4.90 Å². The molecule has 0 radical (unpaired) electrons. The van der Waals surface area contributed by atoms with Gasteiger partial charge in [-0.25, -0.2) is 8.42 Å².